The topological polar surface area (TPSA) is 45.2 Å². The smallest absolute Gasteiger partial charge is 0.354 e. The lowest BCUT2D eigenvalue weighted by molar-refractivity contribution is -0.137. The van der Waals surface area contributed by atoms with Crippen molar-refractivity contribution in [3.63, 3.8) is 0 Å². The van der Waals surface area contributed by atoms with Crippen LogP contribution in [0.2, 0.25) is 0 Å². The summed E-state index contributed by atoms with van der Waals surface area (Å²) in [5, 5.41) is 2.90. The first-order valence-electron chi connectivity index (χ1n) is 8.13. The van der Waals surface area contributed by atoms with E-state index in [2.05, 4.69) is 10.3 Å². The van der Waals surface area contributed by atoms with E-state index in [1.807, 2.05) is 4.90 Å². The molecule has 0 radical (unpaired) electrons. The van der Waals surface area contributed by atoms with Gasteiger partial charge in [0.1, 0.15) is 11.6 Å². The number of aromatic nitrogens is 1. The summed E-state index contributed by atoms with van der Waals surface area (Å²) in [6.45, 7) is 1.08. The van der Waals surface area contributed by atoms with E-state index in [1.165, 1.54) is 18.2 Å². The van der Waals surface area contributed by atoms with E-state index >= 15 is 0 Å². The van der Waals surface area contributed by atoms with E-state index in [0.717, 1.165) is 12.3 Å². The van der Waals surface area contributed by atoms with Gasteiger partial charge in [0.25, 0.3) is 0 Å². The van der Waals surface area contributed by atoms with Crippen molar-refractivity contribution in [3.8, 4) is 0 Å². The van der Waals surface area contributed by atoms with Crippen LogP contribution in [0.5, 0.6) is 0 Å². The zero-order chi connectivity index (χ0) is 18.7. The third-order valence-electron chi connectivity index (χ3n) is 4.23. The van der Waals surface area contributed by atoms with Gasteiger partial charge in [-0.1, -0.05) is 12.1 Å². The molecule has 0 spiro atoms. The molecule has 1 saturated heterocycles. The van der Waals surface area contributed by atoms with Crippen LogP contribution in [0.25, 0.3) is 0 Å². The van der Waals surface area contributed by atoms with Crippen LogP contribution < -0.4 is 10.2 Å². The van der Waals surface area contributed by atoms with Crippen molar-refractivity contribution in [1.29, 1.82) is 0 Å². The van der Waals surface area contributed by atoms with Crippen molar-refractivity contribution in [2.45, 2.75) is 25.1 Å². The number of amides is 1. The molecule has 1 unspecified atom stereocenters. The molecule has 1 fully saturated rings. The van der Waals surface area contributed by atoms with E-state index in [0.29, 0.717) is 30.9 Å². The zero-order valence-corrected chi connectivity index (χ0v) is 13.8. The Labute approximate surface area is 147 Å². The van der Waals surface area contributed by atoms with Gasteiger partial charge in [-0.2, -0.15) is 13.2 Å². The van der Waals surface area contributed by atoms with Crippen LogP contribution in [0.4, 0.5) is 23.4 Å². The number of hydrogen-bond acceptors (Lipinski definition) is 3. The zero-order valence-electron chi connectivity index (χ0n) is 13.8. The maximum atomic E-state index is 12.9. The van der Waals surface area contributed by atoms with Gasteiger partial charge in [-0.05, 0) is 36.2 Å². The van der Waals surface area contributed by atoms with Crippen molar-refractivity contribution in [1.82, 2.24) is 10.3 Å². The van der Waals surface area contributed by atoms with Crippen LogP contribution in [0.15, 0.2) is 42.6 Å². The molecule has 1 atom stereocenters. The van der Waals surface area contributed by atoms with Crippen LogP contribution in [-0.4, -0.2) is 30.0 Å². The Kier molecular flexibility index (Phi) is 5.11. The summed E-state index contributed by atoms with van der Waals surface area (Å²) in [7, 11) is 0. The molecule has 0 saturated carbocycles. The van der Waals surface area contributed by atoms with Crippen LogP contribution in [-0.2, 0) is 17.4 Å². The third-order valence-corrected chi connectivity index (χ3v) is 4.23. The highest BCUT2D eigenvalue weighted by Gasteiger charge is 2.31. The van der Waals surface area contributed by atoms with Gasteiger partial charge in [0, 0.05) is 25.3 Å². The van der Waals surface area contributed by atoms with Crippen molar-refractivity contribution < 1.29 is 22.4 Å². The maximum Gasteiger partial charge on any atom is 0.417 e. The predicted molar refractivity (Wildman–Crippen MR) is 88.1 cm³/mol. The molecule has 26 heavy (non-hydrogen) atoms. The van der Waals surface area contributed by atoms with E-state index in [4.69, 9.17) is 0 Å². The molecule has 1 aliphatic rings. The number of nitrogens with one attached hydrogen (secondary N) is 1. The van der Waals surface area contributed by atoms with Crippen LogP contribution in [0.1, 0.15) is 17.5 Å². The second-order valence-electron chi connectivity index (χ2n) is 6.21. The summed E-state index contributed by atoms with van der Waals surface area (Å²) in [6, 6.07) is 7.96. The number of hydrogen-bond donors (Lipinski definition) is 1. The Hall–Kier alpha value is -2.64. The van der Waals surface area contributed by atoms with Crippen LogP contribution >= 0.6 is 0 Å². The predicted octanol–water partition coefficient (Wildman–Crippen LogP) is 3.18. The van der Waals surface area contributed by atoms with Crippen molar-refractivity contribution in [2.24, 2.45) is 0 Å². The van der Waals surface area contributed by atoms with Crippen molar-refractivity contribution in [3.05, 3.63) is 59.5 Å². The molecule has 1 aromatic carbocycles. The van der Waals surface area contributed by atoms with Crippen molar-refractivity contribution in [2.75, 3.05) is 18.0 Å². The summed E-state index contributed by atoms with van der Waals surface area (Å²) in [6.07, 6.45) is -2.77. The molecule has 1 aliphatic heterocycles. The molecule has 1 amide bonds. The lowest BCUT2D eigenvalue weighted by Crippen LogP contribution is -2.38. The highest BCUT2D eigenvalue weighted by atomic mass is 19.4. The van der Waals surface area contributed by atoms with E-state index in [-0.39, 0.29) is 24.2 Å². The van der Waals surface area contributed by atoms with Gasteiger partial charge in [0.2, 0.25) is 5.91 Å². The molecule has 1 aromatic heterocycles. The number of carbonyl (C=O) groups excluding carboxylic acids is 1. The Morgan fingerprint density at radius 2 is 1.92 bits per heavy atom. The molecule has 8 heteroatoms. The van der Waals surface area contributed by atoms with Gasteiger partial charge >= 0.3 is 6.18 Å². The molecule has 138 valence electrons. The van der Waals surface area contributed by atoms with Gasteiger partial charge < -0.3 is 10.2 Å². The number of alkyl halides is 3. The third kappa shape index (κ3) is 4.50. The molecule has 0 bridgehead atoms. The Balaban J connectivity index is 1.53. The van der Waals surface area contributed by atoms with Gasteiger partial charge in [0.15, 0.2) is 0 Å². The van der Waals surface area contributed by atoms with Crippen LogP contribution in [0.3, 0.4) is 0 Å². The average molecular weight is 367 g/mol. The molecular weight excluding hydrogens is 350 g/mol. The first-order chi connectivity index (χ1) is 12.3. The summed E-state index contributed by atoms with van der Waals surface area (Å²) in [5.74, 6) is -0.0817. The lowest BCUT2D eigenvalue weighted by atomic mass is 10.1. The number of benzene rings is 1. The van der Waals surface area contributed by atoms with Crippen LogP contribution in [0, 0.1) is 5.82 Å². The van der Waals surface area contributed by atoms with Gasteiger partial charge in [-0.25, -0.2) is 9.37 Å². The SMILES string of the molecule is O=C(Cc1ccc(F)cc1)NC1CCN(c2ccc(C(F)(F)F)cn2)C1. The molecule has 2 aromatic rings. The molecule has 2 heterocycles. The summed E-state index contributed by atoms with van der Waals surface area (Å²) in [4.78, 5) is 17.8. The Bertz CT molecular complexity index is 760. The fraction of sp³-hybridized carbons (Fsp3) is 0.333. The average Bonchev–Trinajstić information content (AvgIpc) is 3.04. The monoisotopic (exact) mass is 367 g/mol. The minimum atomic E-state index is -4.41. The Morgan fingerprint density at radius 1 is 1.19 bits per heavy atom. The van der Waals surface area contributed by atoms with Gasteiger partial charge in [-0.15, -0.1) is 0 Å². The second-order valence-corrected chi connectivity index (χ2v) is 6.21. The number of rotatable bonds is 4. The number of halogens is 4. The standard InChI is InChI=1S/C18H17F4N3O/c19-14-4-1-12(2-5-14)9-17(26)24-15-7-8-25(11-15)16-6-3-13(10-23-16)18(20,21)22/h1-6,10,15H,7-9,11H2,(H,24,26). The minimum Gasteiger partial charge on any atom is -0.354 e. The van der Waals surface area contributed by atoms with Gasteiger partial charge in [0.05, 0.1) is 12.0 Å². The molecule has 1 N–H and O–H groups in total. The fourth-order valence-corrected chi connectivity index (χ4v) is 2.89. The molecule has 4 nitrogen and oxygen atoms in total. The first kappa shape index (κ1) is 18.2. The number of carbonyl (C=O) groups is 1. The number of pyridine rings is 1. The van der Waals surface area contributed by atoms with E-state index < -0.39 is 11.7 Å². The fourth-order valence-electron chi connectivity index (χ4n) is 2.89. The maximum absolute atomic E-state index is 12.9. The summed E-state index contributed by atoms with van der Waals surface area (Å²) >= 11 is 0. The normalized spacial score (nSPS) is 17.4. The molecular formula is C18H17F4N3O. The van der Waals surface area contributed by atoms with Gasteiger partial charge in [-0.3, -0.25) is 4.79 Å². The molecule has 0 aliphatic carbocycles. The van der Waals surface area contributed by atoms with Crippen molar-refractivity contribution >= 4 is 11.7 Å². The highest BCUT2D eigenvalue weighted by molar-refractivity contribution is 5.79. The quantitative estimate of drug-likeness (QED) is 0.845. The number of nitrogens with zero attached hydrogens (tertiary/aromatic N) is 2. The summed E-state index contributed by atoms with van der Waals surface area (Å²) in [5.41, 5.74) is -0.0762. The lowest BCUT2D eigenvalue weighted by Gasteiger charge is -2.18. The molecule has 3 rings (SSSR count). The second kappa shape index (κ2) is 7.31. The minimum absolute atomic E-state index is 0.105. The largest absolute Gasteiger partial charge is 0.417 e. The number of anilines is 1. The highest BCUT2D eigenvalue weighted by Crippen LogP contribution is 2.29. The van der Waals surface area contributed by atoms with E-state index in [9.17, 15) is 22.4 Å². The first-order valence-corrected chi connectivity index (χ1v) is 8.13. The summed E-state index contributed by atoms with van der Waals surface area (Å²) < 4.78 is 50.6. The Morgan fingerprint density at radius 3 is 2.54 bits per heavy atom. The van der Waals surface area contributed by atoms with E-state index in [1.54, 1.807) is 12.1 Å².